The van der Waals surface area contributed by atoms with Crippen molar-refractivity contribution in [3.8, 4) is 5.69 Å². The first-order valence-electron chi connectivity index (χ1n) is 9.93. The lowest BCUT2D eigenvalue weighted by atomic mass is 10.1. The van der Waals surface area contributed by atoms with Crippen LogP contribution in [0.1, 0.15) is 24.0 Å². The average Bonchev–Trinajstić information content (AvgIpc) is 3.44. The molecule has 1 aliphatic heterocycles. The van der Waals surface area contributed by atoms with Crippen molar-refractivity contribution >= 4 is 17.5 Å². The van der Waals surface area contributed by atoms with Crippen molar-refractivity contribution in [2.45, 2.75) is 25.7 Å². The average molecular weight is 388 g/mol. The van der Waals surface area contributed by atoms with Crippen LogP contribution in [0.15, 0.2) is 67.0 Å². The van der Waals surface area contributed by atoms with Gasteiger partial charge in [0.15, 0.2) is 0 Å². The van der Waals surface area contributed by atoms with E-state index in [0.717, 1.165) is 48.4 Å². The largest absolute Gasteiger partial charge is 0.342 e. The van der Waals surface area contributed by atoms with Gasteiger partial charge in [-0.2, -0.15) is 5.10 Å². The highest BCUT2D eigenvalue weighted by molar-refractivity contribution is 5.92. The Morgan fingerprint density at radius 1 is 0.897 bits per heavy atom. The number of benzene rings is 2. The topological polar surface area (TPSA) is 67.2 Å². The van der Waals surface area contributed by atoms with Gasteiger partial charge in [0.05, 0.1) is 18.5 Å². The molecule has 1 saturated heterocycles. The molecule has 0 spiro atoms. The summed E-state index contributed by atoms with van der Waals surface area (Å²) in [5, 5.41) is 7.11. The van der Waals surface area contributed by atoms with Gasteiger partial charge in [0.1, 0.15) is 0 Å². The highest BCUT2D eigenvalue weighted by atomic mass is 16.2. The van der Waals surface area contributed by atoms with Gasteiger partial charge in [0.25, 0.3) is 0 Å². The van der Waals surface area contributed by atoms with Crippen molar-refractivity contribution < 1.29 is 9.59 Å². The number of nitrogens with zero attached hydrogens (tertiary/aromatic N) is 3. The minimum absolute atomic E-state index is 0.0715. The normalized spacial score (nSPS) is 13.4. The van der Waals surface area contributed by atoms with Crippen LogP contribution in [0.25, 0.3) is 5.69 Å². The molecule has 0 saturated carbocycles. The number of hydrogen-bond donors (Lipinski definition) is 1. The highest BCUT2D eigenvalue weighted by Gasteiger charge is 2.17. The van der Waals surface area contributed by atoms with Crippen molar-refractivity contribution in [1.82, 2.24) is 14.7 Å². The predicted octanol–water partition coefficient (Wildman–Crippen LogP) is 3.22. The molecule has 6 nitrogen and oxygen atoms in total. The van der Waals surface area contributed by atoms with E-state index in [0.29, 0.717) is 12.8 Å². The van der Waals surface area contributed by atoms with Gasteiger partial charge in [-0.05, 0) is 54.3 Å². The SMILES string of the molecule is O=C(Cc1ccc(-n2cccn2)cc1)Nc1ccc(CC(=O)N2CCCC2)cc1. The number of amides is 2. The third-order valence-electron chi connectivity index (χ3n) is 5.12. The molecule has 3 aromatic rings. The van der Waals surface area contributed by atoms with Gasteiger partial charge in [-0.1, -0.05) is 24.3 Å². The zero-order valence-electron chi connectivity index (χ0n) is 16.3. The van der Waals surface area contributed by atoms with Gasteiger partial charge in [-0.3, -0.25) is 9.59 Å². The molecular formula is C23H24N4O2. The minimum Gasteiger partial charge on any atom is -0.342 e. The molecule has 2 heterocycles. The fraction of sp³-hybridized carbons (Fsp3) is 0.261. The van der Waals surface area contributed by atoms with Gasteiger partial charge in [-0.25, -0.2) is 4.68 Å². The van der Waals surface area contributed by atoms with E-state index in [2.05, 4.69) is 10.4 Å². The van der Waals surface area contributed by atoms with E-state index in [1.165, 1.54) is 0 Å². The molecule has 6 heteroatoms. The van der Waals surface area contributed by atoms with E-state index in [1.807, 2.05) is 65.7 Å². The summed E-state index contributed by atoms with van der Waals surface area (Å²) in [4.78, 5) is 26.5. The van der Waals surface area contributed by atoms with Gasteiger partial charge >= 0.3 is 0 Å². The summed E-state index contributed by atoms with van der Waals surface area (Å²) < 4.78 is 1.78. The maximum Gasteiger partial charge on any atom is 0.228 e. The number of nitrogens with one attached hydrogen (secondary N) is 1. The molecule has 1 aromatic heterocycles. The van der Waals surface area contributed by atoms with Crippen LogP contribution in [0, 0.1) is 0 Å². The maximum atomic E-state index is 12.3. The number of hydrogen-bond acceptors (Lipinski definition) is 3. The van der Waals surface area contributed by atoms with Crippen LogP contribution in [0.4, 0.5) is 5.69 Å². The molecule has 0 unspecified atom stereocenters. The quantitative estimate of drug-likeness (QED) is 0.705. The molecule has 0 atom stereocenters. The summed E-state index contributed by atoms with van der Waals surface area (Å²) in [5.41, 5.74) is 3.60. The van der Waals surface area contributed by atoms with Crippen LogP contribution in [0.2, 0.25) is 0 Å². The number of carbonyl (C=O) groups excluding carboxylic acids is 2. The molecule has 148 valence electrons. The summed E-state index contributed by atoms with van der Waals surface area (Å²) in [6.07, 6.45) is 6.52. The fourth-order valence-corrected chi connectivity index (χ4v) is 3.54. The van der Waals surface area contributed by atoms with E-state index in [-0.39, 0.29) is 11.8 Å². The van der Waals surface area contributed by atoms with Crippen LogP contribution in [0.5, 0.6) is 0 Å². The number of rotatable bonds is 6. The molecule has 29 heavy (non-hydrogen) atoms. The van der Waals surface area contributed by atoms with Gasteiger partial charge in [0.2, 0.25) is 11.8 Å². The van der Waals surface area contributed by atoms with Crippen LogP contribution in [-0.4, -0.2) is 39.6 Å². The summed E-state index contributed by atoms with van der Waals surface area (Å²) in [6.45, 7) is 1.74. The Balaban J connectivity index is 1.29. The van der Waals surface area contributed by atoms with Gasteiger partial charge in [-0.15, -0.1) is 0 Å². The molecule has 0 aliphatic carbocycles. The Labute approximate surface area is 170 Å². The lowest BCUT2D eigenvalue weighted by Gasteiger charge is -2.15. The number of anilines is 1. The Kier molecular flexibility index (Phi) is 5.70. The predicted molar refractivity (Wildman–Crippen MR) is 112 cm³/mol. The van der Waals surface area contributed by atoms with E-state index < -0.39 is 0 Å². The first kappa shape index (κ1) is 18.9. The molecule has 2 aromatic carbocycles. The molecule has 4 rings (SSSR count). The molecule has 0 radical (unpaired) electrons. The number of aromatic nitrogens is 2. The van der Waals surface area contributed by atoms with E-state index in [9.17, 15) is 9.59 Å². The number of likely N-dealkylation sites (tertiary alicyclic amines) is 1. The first-order chi connectivity index (χ1) is 14.2. The Morgan fingerprint density at radius 2 is 1.55 bits per heavy atom. The van der Waals surface area contributed by atoms with Crippen molar-refractivity contribution in [3.05, 3.63) is 78.1 Å². The van der Waals surface area contributed by atoms with Gasteiger partial charge in [0, 0.05) is 31.2 Å². The maximum absolute atomic E-state index is 12.3. The Morgan fingerprint density at radius 3 is 2.21 bits per heavy atom. The highest BCUT2D eigenvalue weighted by Crippen LogP contribution is 2.15. The van der Waals surface area contributed by atoms with Crippen molar-refractivity contribution in [3.63, 3.8) is 0 Å². The van der Waals surface area contributed by atoms with Crippen LogP contribution in [0.3, 0.4) is 0 Å². The van der Waals surface area contributed by atoms with Crippen molar-refractivity contribution in [1.29, 1.82) is 0 Å². The smallest absolute Gasteiger partial charge is 0.228 e. The number of carbonyl (C=O) groups is 2. The zero-order valence-corrected chi connectivity index (χ0v) is 16.3. The molecule has 2 amide bonds. The third kappa shape index (κ3) is 4.90. The monoisotopic (exact) mass is 388 g/mol. The second-order valence-corrected chi connectivity index (χ2v) is 7.30. The van der Waals surface area contributed by atoms with Gasteiger partial charge < -0.3 is 10.2 Å². The first-order valence-corrected chi connectivity index (χ1v) is 9.93. The second-order valence-electron chi connectivity index (χ2n) is 7.30. The molecule has 0 bridgehead atoms. The third-order valence-corrected chi connectivity index (χ3v) is 5.12. The standard InChI is InChI=1S/C23H24N4O2/c28-22(16-18-6-10-21(11-7-18)27-15-3-12-24-27)25-20-8-4-19(5-9-20)17-23(29)26-13-1-2-14-26/h3-12,15H,1-2,13-14,16-17H2,(H,25,28). The molecule has 1 aliphatic rings. The van der Waals surface area contributed by atoms with Crippen LogP contribution < -0.4 is 5.32 Å². The summed E-state index contributed by atoms with van der Waals surface area (Å²) in [6, 6.07) is 17.1. The fourth-order valence-electron chi connectivity index (χ4n) is 3.54. The van der Waals surface area contributed by atoms with E-state index >= 15 is 0 Å². The molecule has 1 fully saturated rings. The Hall–Kier alpha value is -3.41. The van der Waals surface area contributed by atoms with Crippen molar-refractivity contribution in [2.24, 2.45) is 0 Å². The lowest BCUT2D eigenvalue weighted by Crippen LogP contribution is -2.29. The van der Waals surface area contributed by atoms with E-state index in [1.54, 1.807) is 10.9 Å². The van der Waals surface area contributed by atoms with Crippen molar-refractivity contribution in [2.75, 3.05) is 18.4 Å². The zero-order chi connectivity index (χ0) is 20.1. The lowest BCUT2D eigenvalue weighted by molar-refractivity contribution is -0.129. The Bertz CT molecular complexity index is 957. The summed E-state index contributed by atoms with van der Waals surface area (Å²) in [5.74, 6) is 0.107. The second kappa shape index (κ2) is 8.73. The van der Waals surface area contributed by atoms with E-state index in [4.69, 9.17) is 0 Å². The molecular weight excluding hydrogens is 364 g/mol. The summed E-state index contributed by atoms with van der Waals surface area (Å²) >= 11 is 0. The minimum atomic E-state index is -0.0715. The van der Waals surface area contributed by atoms with Crippen LogP contribution >= 0.6 is 0 Å². The molecule has 1 N–H and O–H groups in total. The summed E-state index contributed by atoms with van der Waals surface area (Å²) in [7, 11) is 0. The van der Waals surface area contributed by atoms with Crippen LogP contribution in [-0.2, 0) is 22.4 Å².